The number of rotatable bonds is 1. The monoisotopic (exact) mass is 274 g/mol. The second kappa shape index (κ2) is 4.23. The fourth-order valence-corrected chi connectivity index (χ4v) is 3.14. The molecule has 1 aliphatic rings. The van der Waals surface area contributed by atoms with E-state index < -0.39 is 5.67 Å². The maximum Gasteiger partial charge on any atom is 0.137 e. The van der Waals surface area contributed by atoms with Crippen LogP contribution < -0.4 is 0 Å². The highest BCUT2D eigenvalue weighted by Gasteiger charge is 2.33. The zero-order valence-electron chi connectivity index (χ0n) is 7.80. The van der Waals surface area contributed by atoms with Crippen molar-refractivity contribution >= 4 is 27.7 Å². The molecule has 0 aliphatic carbocycles. The van der Waals surface area contributed by atoms with Crippen molar-refractivity contribution in [3.63, 3.8) is 0 Å². The summed E-state index contributed by atoms with van der Waals surface area (Å²) in [5.41, 5.74) is -0.243. The number of thioether (sulfide) groups is 1. The minimum Gasteiger partial charge on any atom is -0.239 e. The molecule has 1 aliphatic heterocycles. The largest absolute Gasteiger partial charge is 0.239 e. The first-order valence-corrected chi connectivity index (χ1v) is 6.68. The van der Waals surface area contributed by atoms with Crippen LogP contribution in [0.1, 0.15) is 18.4 Å². The predicted octanol–water partition coefficient (Wildman–Crippen LogP) is 4.14. The molecule has 0 amide bonds. The minimum absolute atomic E-state index is 0.652. The Balaban J connectivity index is 2.23. The van der Waals surface area contributed by atoms with Gasteiger partial charge in [0.25, 0.3) is 0 Å². The second-order valence-electron chi connectivity index (χ2n) is 3.58. The third-order valence-electron chi connectivity index (χ3n) is 2.65. The highest BCUT2D eigenvalue weighted by molar-refractivity contribution is 9.10. The summed E-state index contributed by atoms with van der Waals surface area (Å²) in [6.45, 7) is 0. The number of halogens is 2. The van der Waals surface area contributed by atoms with E-state index in [2.05, 4.69) is 15.9 Å². The summed E-state index contributed by atoms with van der Waals surface area (Å²) in [7, 11) is 0. The minimum atomic E-state index is -1.08. The van der Waals surface area contributed by atoms with Gasteiger partial charge in [-0.2, -0.15) is 11.8 Å². The molecule has 2 rings (SSSR count). The lowest BCUT2D eigenvalue weighted by Crippen LogP contribution is -2.25. The van der Waals surface area contributed by atoms with E-state index in [1.54, 1.807) is 0 Å². The Labute approximate surface area is 96.4 Å². The topological polar surface area (TPSA) is 0 Å². The van der Waals surface area contributed by atoms with Crippen LogP contribution >= 0.6 is 27.7 Å². The molecule has 1 aromatic rings. The molecule has 0 atom stereocenters. The van der Waals surface area contributed by atoms with Gasteiger partial charge in [-0.1, -0.05) is 28.1 Å². The van der Waals surface area contributed by atoms with Crippen molar-refractivity contribution < 1.29 is 4.39 Å². The Bertz CT molecular complexity index is 304. The highest BCUT2D eigenvalue weighted by Crippen LogP contribution is 2.39. The average molecular weight is 275 g/mol. The Morgan fingerprint density at radius 2 is 1.71 bits per heavy atom. The van der Waals surface area contributed by atoms with Gasteiger partial charge in [-0.3, -0.25) is 0 Å². The highest BCUT2D eigenvalue weighted by atomic mass is 79.9. The first-order chi connectivity index (χ1) is 6.71. The van der Waals surface area contributed by atoms with Crippen LogP contribution in [0.4, 0.5) is 4.39 Å². The van der Waals surface area contributed by atoms with E-state index in [4.69, 9.17) is 0 Å². The molecule has 1 heterocycles. The molecule has 1 saturated heterocycles. The number of alkyl halides is 1. The first-order valence-electron chi connectivity index (χ1n) is 4.73. The molecule has 0 saturated carbocycles. The molecule has 14 heavy (non-hydrogen) atoms. The van der Waals surface area contributed by atoms with Crippen molar-refractivity contribution in [2.75, 3.05) is 11.5 Å². The lowest BCUT2D eigenvalue weighted by Gasteiger charge is -2.29. The fraction of sp³-hybridized carbons (Fsp3) is 0.455. The lowest BCUT2D eigenvalue weighted by molar-refractivity contribution is 0.151. The molecule has 0 N–H and O–H groups in total. The van der Waals surface area contributed by atoms with Crippen molar-refractivity contribution in [3.8, 4) is 0 Å². The van der Waals surface area contributed by atoms with Crippen molar-refractivity contribution in [1.82, 2.24) is 0 Å². The van der Waals surface area contributed by atoms with Crippen LogP contribution in [0.15, 0.2) is 28.7 Å². The van der Waals surface area contributed by atoms with E-state index in [1.165, 1.54) is 0 Å². The van der Waals surface area contributed by atoms with Gasteiger partial charge in [0.1, 0.15) is 5.67 Å². The second-order valence-corrected chi connectivity index (χ2v) is 5.72. The van der Waals surface area contributed by atoms with E-state index in [0.29, 0.717) is 12.8 Å². The first kappa shape index (κ1) is 10.5. The van der Waals surface area contributed by atoms with Crippen molar-refractivity contribution in [1.29, 1.82) is 0 Å². The summed E-state index contributed by atoms with van der Waals surface area (Å²) in [4.78, 5) is 0. The normalized spacial score (nSPS) is 20.7. The summed E-state index contributed by atoms with van der Waals surface area (Å²) in [6, 6.07) is 7.61. The Morgan fingerprint density at radius 1 is 1.14 bits per heavy atom. The summed E-state index contributed by atoms with van der Waals surface area (Å²) in [5, 5.41) is 0. The van der Waals surface area contributed by atoms with Crippen molar-refractivity contribution in [2.45, 2.75) is 18.5 Å². The zero-order valence-corrected chi connectivity index (χ0v) is 10.2. The van der Waals surface area contributed by atoms with Gasteiger partial charge in [-0.25, -0.2) is 4.39 Å². The van der Waals surface area contributed by atoms with E-state index in [0.717, 1.165) is 21.5 Å². The van der Waals surface area contributed by atoms with E-state index in [9.17, 15) is 4.39 Å². The molecule has 0 nitrogen and oxygen atoms in total. The smallest absolute Gasteiger partial charge is 0.137 e. The van der Waals surface area contributed by atoms with Crippen LogP contribution in [0.5, 0.6) is 0 Å². The van der Waals surface area contributed by atoms with Gasteiger partial charge in [-0.05, 0) is 42.0 Å². The molecule has 0 bridgehead atoms. The van der Waals surface area contributed by atoms with Gasteiger partial charge in [0.15, 0.2) is 0 Å². The van der Waals surface area contributed by atoms with Gasteiger partial charge < -0.3 is 0 Å². The maximum atomic E-state index is 14.4. The van der Waals surface area contributed by atoms with Gasteiger partial charge in [0.05, 0.1) is 0 Å². The quantitative estimate of drug-likeness (QED) is 0.742. The molecular weight excluding hydrogens is 263 g/mol. The van der Waals surface area contributed by atoms with Crippen LogP contribution in [0.25, 0.3) is 0 Å². The lowest BCUT2D eigenvalue weighted by atomic mass is 9.90. The predicted molar refractivity (Wildman–Crippen MR) is 63.5 cm³/mol. The van der Waals surface area contributed by atoms with Gasteiger partial charge in [0, 0.05) is 4.47 Å². The molecular formula is C11H12BrFS. The molecule has 0 radical (unpaired) electrons. The maximum absolute atomic E-state index is 14.4. The number of hydrogen-bond acceptors (Lipinski definition) is 1. The molecule has 1 fully saturated rings. The van der Waals surface area contributed by atoms with Gasteiger partial charge >= 0.3 is 0 Å². The molecule has 0 spiro atoms. The third-order valence-corrected chi connectivity index (χ3v) is 4.16. The van der Waals surface area contributed by atoms with Gasteiger partial charge in [0.2, 0.25) is 0 Å². The van der Waals surface area contributed by atoms with Crippen molar-refractivity contribution in [3.05, 3.63) is 34.3 Å². The summed E-state index contributed by atoms with van der Waals surface area (Å²) in [6.07, 6.45) is 1.30. The summed E-state index contributed by atoms with van der Waals surface area (Å²) in [5.74, 6) is 1.87. The standard InChI is InChI=1S/C11H12BrFS/c12-10-3-1-9(2-4-10)11(13)5-7-14-8-6-11/h1-4H,5-8H2. The van der Waals surface area contributed by atoms with Crippen LogP contribution in [0.3, 0.4) is 0 Å². The zero-order chi connectivity index (χ0) is 10.0. The van der Waals surface area contributed by atoms with Crippen LogP contribution in [0, 0.1) is 0 Å². The molecule has 0 unspecified atom stereocenters. The number of hydrogen-bond donors (Lipinski definition) is 0. The third kappa shape index (κ3) is 2.14. The molecule has 1 aromatic carbocycles. The van der Waals surface area contributed by atoms with Gasteiger partial charge in [-0.15, -0.1) is 0 Å². The molecule has 3 heteroatoms. The Kier molecular flexibility index (Phi) is 3.17. The van der Waals surface area contributed by atoms with E-state index >= 15 is 0 Å². The SMILES string of the molecule is FC1(c2ccc(Br)cc2)CCSCC1. The number of benzene rings is 1. The average Bonchev–Trinajstić information content (AvgIpc) is 2.19. The van der Waals surface area contributed by atoms with E-state index in [-0.39, 0.29) is 0 Å². The summed E-state index contributed by atoms with van der Waals surface area (Å²) >= 11 is 5.21. The Hall–Kier alpha value is -0.0200. The van der Waals surface area contributed by atoms with Crippen LogP contribution in [-0.2, 0) is 5.67 Å². The van der Waals surface area contributed by atoms with Crippen LogP contribution in [0.2, 0.25) is 0 Å². The van der Waals surface area contributed by atoms with Crippen LogP contribution in [-0.4, -0.2) is 11.5 Å². The van der Waals surface area contributed by atoms with Crippen molar-refractivity contribution in [2.24, 2.45) is 0 Å². The Morgan fingerprint density at radius 3 is 2.29 bits per heavy atom. The molecule has 76 valence electrons. The van der Waals surface area contributed by atoms with E-state index in [1.807, 2.05) is 36.0 Å². The fourth-order valence-electron chi connectivity index (χ4n) is 1.73. The summed E-state index contributed by atoms with van der Waals surface area (Å²) < 4.78 is 15.4. The molecule has 0 aromatic heterocycles.